The van der Waals surface area contributed by atoms with Crippen molar-refractivity contribution in [3.63, 3.8) is 0 Å². The van der Waals surface area contributed by atoms with Gasteiger partial charge in [0.15, 0.2) is 11.5 Å². The minimum atomic E-state index is -0.294. The molecular weight excluding hydrogens is 334 g/mol. The molecule has 0 aliphatic rings. The van der Waals surface area contributed by atoms with Gasteiger partial charge in [-0.15, -0.1) is 10.2 Å². The van der Waals surface area contributed by atoms with E-state index in [4.69, 9.17) is 4.74 Å². The number of carbonyl (C=O) groups is 1. The third-order valence-corrected chi connectivity index (χ3v) is 4.09. The summed E-state index contributed by atoms with van der Waals surface area (Å²) >= 11 is 0. The fraction of sp³-hybridized carbons (Fsp3) is 0.471. The van der Waals surface area contributed by atoms with Crippen LogP contribution in [-0.4, -0.2) is 49.0 Å². The molecule has 9 heteroatoms. The summed E-state index contributed by atoms with van der Waals surface area (Å²) in [5.74, 6) is 0.445. The number of carbonyl (C=O) groups excluding carboxylic acids is 1. The molecular formula is C17H23N7O2. The van der Waals surface area contributed by atoms with Crippen LogP contribution in [0.2, 0.25) is 0 Å². The van der Waals surface area contributed by atoms with Gasteiger partial charge < -0.3 is 14.6 Å². The molecule has 0 spiro atoms. The Morgan fingerprint density at radius 1 is 1.35 bits per heavy atom. The minimum Gasteiger partial charge on any atom is -0.385 e. The van der Waals surface area contributed by atoms with E-state index in [2.05, 4.69) is 25.6 Å². The lowest BCUT2D eigenvalue weighted by molar-refractivity contribution is 0.0932. The number of amides is 1. The maximum Gasteiger partial charge on any atom is 0.270 e. The summed E-state index contributed by atoms with van der Waals surface area (Å²) in [5, 5.41) is 15.4. The monoisotopic (exact) mass is 357 g/mol. The van der Waals surface area contributed by atoms with Crippen molar-refractivity contribution in [1.82, 2.24) is 34.7 Å². The van der Waals surface area contributed by atoms with Crippen molar-refractivity contribution in [3.05, 3.63) is 41.4 Å². The van der Waals surface area contributed by atoms with E-state index in [0.717, 1.165) is 24.4 Å². The highest BCUT2D eigenvalue weighted by Gasteiger charge is 2.18. The summed E-state index contributed by atoms with van der Waals surface area (Å²) in [5.41, 5.74) is 2.72. The van der Waals surface area contributed by atoms with Gasteiger partial charge in [-0.05, 0) is 33.3 Å². The Bertz CT molecular complexity index is 915. The summed E-state index contributed by atoms with van der Waals surface area (Å²) < 4.78 is 8.72. The number of rotatable bonds is 7. The maximum atomic E-state index is 12.6. The van der Waals surface area contributed by atoms with Crippen LogP contribution in [0.5, 0.6) is 0 Å². The third kappa shape index (κ3) is 3.72. The topological polar surface area (TPSA) is 99.2 Å². The highest BCUT2D eigenvalue weighted by atomic mass is 16.5. The lowest BCUT2D eigenvalue weighted by atomic mass is 10.2. The van der Waals surface area contributed by atoms with Crippen molar-refractivity contribution in [3.8, 4) is 0 Å². The van der Waals surface area contributed by atoms with Gasteiger partial charge in [0.05, 0.1) is 11.7 Å². The van der Waals surface area contributed by atoms with E-state index >= 15 is 0 Å². The zero-order valence-electron chi connectivity index (χ0n) is 15.4. The lowest BCUT2D eigenvalue weighted by Gasteiger charge is -2.15. The van der Waals surface area contributed by atoms with Crippen LogP contribution in [0.15, 0.2) is 18.5 Å². The molecule has 0 aliphatic heterocycles. The Labute approximate surface area is 151 Å². The second-order valence-corrected chi connectivity index (χ2v) is 6.26. The second-order valence-electron chi connectivity index (χ2n) is 6.26. The summed E-state index contributed by atoms with van der Waals surface area (Å²) in [4.78, 5) is 17.0. The summed E-state index contributed by atoms with van der Waals surface area (Å²) in [6.45, 7) is 7.06. The maximum absolute atomic E-state index is 12.6. The number of methoxy groups -OCH3 is 1. The number of fused-ring (bicyclic) bond motifs is 1. The van der Waals surface area contributed by atoms with Gasteiger partial charge in [0.1, 0.15) is 12.0 Å². The molecule has 1 amide bonds. The van der Waals surface area contributed by atoms with Crippen LogP contribution in [0.3, 0.4) is 0 Å². The molecule has 0 radical (unpaired) electrons. The van der Waals surface area contributed by atoms with Crippen LogP contribution in [0.4, 0.5) is 0 Å². The lowest BCUT2D eigenvalue weighted by Crippen LogP contribution is -2.29. The van der Waals surface area contributed by atoms with Crippen molar-refractivity contribution < 1.29 is 9.53 Å². The second kappa shape index (κ2) is 7.61. The highest BCUT2D eigenvalue weighted by Crippen LogP contribution is 2.13. The average Bonchev–Trinajstić information content (AvgIpc) is 3.21. The molecule has 0 fully saturated rings. The number of hydrogen-bond acceptors (Lipinski definition) is 6. The number of ether oxygens (including phenoxy) is 1. The van der Waals surface area contributed by atoms with Crippen LogP contribution in [-0.2, 0) is 11.3 Å². The number of nitrogens with one attached hydrogen (secondary N) is 1. The van der Waals surface area contributed by atoms with Crippen LogP contribution < -0.4 is 5.32 Å². The van der Waals surface area contributed by atoms with Gasteiger partial charge in [0.2, 0.25) is 0 Å². The Morgan fingerprint density at radius 3 is 2.92 bits per heavy atom. The van der Waals surface area contributed by atoms with Gasteiger partial charge in [-0.1, -0.05) is 0 Å². The fourth-order valence-corrected chi connectivity index (χ4v) is 2.84. The molecule has 0 aromatic carbocycles. The summed E-state index contributed by atoms with van der Waals surface area (Å²) in [7, 11) is 1.67. The molecule has 0 saturated heterocycles. The molecule has 0 bridgehead atoms. The molecule has 1 N–H and O–H groups in total. The summed E-state index contributed by atoms with van der Waals surface area (Å²) in [6, 6.07) is 3.28. The predicted molar refractivity (Wildman–Crippen MR) is 94.9 cm³/mol. The number of aromatic nitrogens is 6. The van der Waals surface area contributed by atoms with Gasteiger partial charge in [-0.2, -0.15) is 5.10 Å². The van der Waals surface area contributed by atoms with Crippen molar-refractivity contribution in [2.24, 2.45) is 0 Å². The normalized spacial score (nSPS) is 12.5. The zero-order valence-corrected chi connectivity index (χ0v) is 15.4. The molecule has 9 nitrogen and oxygen atoms in total. The van der Waals surface area contributed by atoms with Gasteiger partial charge in [0, 0.05) is 32.0 Å². The Kier molecular flexibility index (Phi) is 5.27. The van der Waals surface area contributed by atoms with Crippen molar-refractivity contribution in [1.29, 1.82) is 0 Å². The summed E-state index contributed by atoms with van der Waals surface area (Å²) in [6.07, 6.45) is 2.51. The molecule has 0 unspecified atom stereocenters. The molecule has 26 heavy (non-hydrogen) atoms. The quantitative estimate of drug-likeness (QED) is 0.643. The van der Waals surface area contributed by atoms with E-state index in [1.165, 1.54) is 0 Å². The predicted octanol–water partition coefficient (Wildman–Crippen LogP) is 1.47. The number of nitrogens with zero attached hydrogens (tertiary/aromatic N) is 6. The third-order valence-electron chi connectivity index (χ3n) is 4.09. The smallest absolute Gasteiger partial charge is 0.270 e. The van der Waals surface area contributed by atoms with E-state index < -0.39 is 0 Å². The van der Waals surface area contributed by atoms with Crippen molar-refractivity contribution in [2.45, 2.75) is 39.8 Å². The van der Waals surface area contributed by atoms with Crippen LogP contribution >= 0.6 is 0 Å². The molecule has 3 heterocycles. The highest BCUT2D eigenvalue weighted by molar-refractivity contribution is 5.93. The number of hydrogen-bond donors (Lipinski definition) is 1. The Balaban J connectivity index is 1.74. The fourth-order valence-electron chi connectivity index (χ4n) is 2.84. The van der Waals surface area contributed by atoms with Crippen molar-refractivity contribution in [2.75, 3.05) is 13.7 Å². The van der Waals surface area contributed by atoms with Gasteiger partial charge in [-0.3, -0.25) is 4.79 Å². The molecule has 0 aliphatic carbocycles. The zero-order chi connectivity index (χ0) is 18.7. The van der Waals surface area contributed by atoms with E-state index in [0.29, 0.717) is 23.8 Å². The molecule has 138 valence electrons. The Hall–Kier alpha value is -2.81. The van der Waals surface area contributed by atoms with Crippen LogP contribution in [0.1, 0.15) is 47.1 Å². The first-order chi connectivity index (χ1) is 12.5. The van der Waals surface area contributed by atoms with Gasteiger partial charge >= 0.3 is 0 Å². The Morgan fingerprint density at radius 2 is 2.15 bits per heavy atom. The molecule has 0 saturated carbocycles. The SMILES string of the molecule is COCCCn1cnnc1[C@H](C)NC(=O)c1cc(C)n2nc(C)cc2n1. The number of aryl methyl sites for hydroxylation is 3. The average molecular weight is 357 g/mol. The first-order valence-electron chi connectivity index (χ1n) is 8.51. The molecule has 3 rings (SSSR count). The van der Waals surface area contributed by atoms with E-state index in [1.807, 2.05) is 31.4 Å². The largest absolute Gasteiger partial charge is 0.385 e. The van der Waals surface area contributed by atoms with Crippen LogP contribution in [0.25, 0.3) is 5.65 Å². The van der Waals surface area contributed by atoms with Gasteiger partial charge in [0.25, 0.3) is 5.91 Å². The molecule has 3 aromatic heterocycles. The molecule has 3 aromatic rings. The molecule has 1 atom stereocenters. The van der Waals surface area contributed by atoms with E-state index in [-0.39, 0.29) is 11.9 Å². The van der Waals surface area contributed by atoms with Gasteiger partial charge in [-0.25, -0.2) is 9.50 Å². The first kappa shape index (κ1) is 18.0. The van der Waals surface area contributed by atoms with Crippen molar-refractivity contribution >= 4 is 11.6 Å². The van der Waals surface area contributed by atoms with Crippen LogP contribution in [0, 0.1) is 13.8 Å². The standard InChI is InChI=1S/C17H23N7O2/c1-11-8-15-20-14(9-12(2)24(15)22-11)17(25)19-13(3)16-21-18-10-23(16)6-5-7-26-4/h8-10,13H,5-7H2,1-4H3,(H,19,25)/t13-/m0/s1. The van der Waals surface area contributed by atoms with E-state index in [9.17, 15) is 4.79 Å². The first-order valence-corrected chi connectivity index (χ1v) is 8.51. The minimum absolute atomic E-state index is 0.256. The van der Waals surface area contributed by atoms with E-state index in [1.54, 1.807) is 24.0 Å².